The van der Waals surface area contributed by atoms with E-state index >= 15 is 0 Å². The Balaban J connectivity index is 2.52. The van der Waals surface area contributed by atoms with Crippen molar-refractivity contribution in [2.24, 2.45) is 5.73 Å². The zero-order valence-corrected chi connectivity index (χ0v) is 7.80. The van der Waals surface area contributed by atoms with Crippen LogP contribution in [0, 0.1) is 0 Å². The lowest BCUT2D eigenvalue weighted by molar-refractivity contribution is 0.777. The molecule has 0 bridgehead atoms. The number of rotatable bonds is 4. The van der Waals surface area contributed by atoms with Crippen LogP contribution in [0.2, 0.25) is 0 Å². The molecule has 1 heterocycles. The summed E-state index contributed by atoms with van der Waals surface area (Å²) in [6, 6.07) is 0. The Morgan fingerprint density at radius 2 is 2.33 bits per heavy atom. The van der Waals surface area contributed by atoms with E-state index in [1.807, 2.05) is 6.20 Å². The van der Waals surface area contributed by atoms with Gasteiger partial charge in [0.15, 0.2) is 0 Å². The van der Waals surface area contributed by atoms with Crippen molar-refractivity contribution in [1.82, 2.24) is 9.97 Å². The smallest absolute Gasteiger partial charge is 0.106 e. The second-order valence-electron chi connectivity index (χ2n) is 3.33. The minimum Gasteiger partial charge on any atom is -0.346 e. The predicted molar refractivity (Wildman–Crippen MR) is 50.1 cm³/mol. The summed E-state index contributed by atoms with van der Waals surface area (Å²) >= 11 is 0. The molecule has 0 radical (unpaired) electrons. The largest absolute Gasteiger partial charge is 0.346 e. The van der Waals surface area contributed by atoms with Crippen LogP contribution in [0.5, 0.6) is 0 Å². The van der Waals surface area contributed by atoms with Crippen LogP contribution in [-0.4, -0.2) is 16.5 Å². The van der Waals surface area contributed by atoms with Gasteiger partial charge in [0.05, 0.1) is 0 Å². The minimum absolute atomic E-state index is 0.532. The summed E-state index contributed by atoms with van der Waals surface area (Å²) in [4.78, 5) is 7.54. The highest BCUT2D eigenvalue weighted by Crippen LogP contribution is 2.11. The molecule has 3 nitrogen and oxygen atoms in total. The molecule has 0 saturated carbocycles. The van der Waals surface area contributed by atoms with Gasteiger partial charge in [-0.3, -0.25) is 0 Å². The van der Waals surface area contributed by atoms with Crippen LogP contribution in [-0.2, 0) is 6.42 Å². The van der Waals surface area contributed by atoms with Crippen molar-refractivity contribution < 1.29 is 0 Å². The molecule has 1 aromatic rings. The van der Waals surface area contributed by atoms with Gasteiger partial charge < -0.3 is 10.7 Å². The van der Waals surface area contributed by atoms with Crippen LogP contribution in [0.4, 0.5) is 0 Å². The fourth-order valence-electron chi connectivity index (χ4n) is 1.07. The van der Waals surface area contributed by atoms with Crippen LogP contribution < -0.4 is 5.73 Å². The van der Waals surface area contributed by atoms with E-state index in [-0.39, 0.29) is 0 Å². The number of aromatic amines is 1. The fourth-order valence-corrected chi connectivity index (χ4v) is 1.07. The summed E-state index contributed by atoms with van der Waals surface area (Å²) in [5.74, 6) is 1.59. The van der Waals surface area contributed by atoms with Crippen LogP contribution in [0.15, 0.2) is 6.20 Å². The van der Waals surface area contributed by atoms with Gasteiger partial charge in [0.1, 0.15) is 5.82 Å². The highest BCUT2D eigenvalue weighted by Gasteiger charge is 2.02. The Bertz CT molecular complexity index is 227. The van der Waals surface area contributed by atoms with E-state index in [1.165, 1.54) is 5.69 Å². The molecule has 0 saturated heterocycles. The van der Waals surface area contributed by atoms with E-state index in [0.29, 0.717) is 5.92 Å². The summed E-state index contributed by atoms with van der Waals surface area (Å²) in [5.41, 5.74) is 6.61. The topological polar surface area (TPSA) is 54.7 Å². The van der Waals surface area contributed by atoms with Crippen LogP contribution in [0.3, 0.4) is 0 Å². The molecule has 12 heavy (non-hydrogen) atoms. The van der Waals surface area contributed by atoms with Gasteiger partial charge in [0, 0.05) is 18.3 Å². The van der Waals surface area contributed by atoms with Crippen LogP contribution in [0.1, 0.15) is 37.7 Å². The second-order valence-corrected chi connectivity index (χ2v) is 3.33. The van der Waals surface area contributed by atoms with Gasteiger partial charge in [-0.2, -0.15) is 0 Å². The molecule has 0 amide bonds. The predicted octanol–water partition coefficient (Wildman–Crippen LogP) is 1.42. The first-order valence-corrected chi connectivity index (χ1v) is 4.48. The summed E-state index contributed by atoms with van der Waals surface area (Å²) in [6.45, 7) is 5.04. The van der Waals surface area contributed by atoms with E-state index in [9.17, 15) is 0 Å². The molecular formula is C9H17N3. The van der Waals surface area contributed by atoms with Crippen molar-refractivity contribution >= 4 is 0 Å². The van der Waals surface area contributed by atoms with Crippen LogP contribution >= 0.6 is 0 Å². The Morgan fingerprint density at radius 3 is 2.83 bits per heavy atom. The number of hydrogen-bond donors (Lipinski definition) is 2. The number of nitrogens with one attached hydrogen (secondary N) is 1. The Morgan fingerprint density at radius 1 is 1.58 bits per heavy atom. The van der Waals surface area contributed by atoms with E-state index in [1.54, 1.807) is 0 Å². The first-order valence-electron chi connectivity index (χ1n) is 4.48. The average molecular weight is 167 g/mol. The number of imidazole rings is 1. The molecule has 0 spiro atoms. The van der Waals surface area contributed by atoms with Gasteiger partial charge in [-0.05, 0) is 18.9 Å². The second kappa shape index (κ2) is 4.26. The lowest BCUT2D eigenvalue weighted by Gasteiger charge is -1.98. The zero-order chi connectivity index (χ0) is 8.97. The number of nitrogens with zero attached hydrogens (tertiary/aromatic N) is 1. The van der Waals surface area contributed by atoms with Gasteiger partial charge in [0.25, 0.3) is 0 Å². The lowest BCUT2D eigenvalue weighted by atomic mass is 10.2. The summed E-state index contributed by atoms with van der Waals surface area (Å²) in [5, 5.41) is 0. The molecule has 0 aromatic carbocycles. The van der Waals surface area contributed by atoms with Crippen molar-refractivity contribution in [2.75, 3.05) is 6.54 Å². The third-order valence-corrected chi connectivity index (χ3v) is 1.89. The van der Waals surface area contributed by atoms with Crippen molar-refractivity contribution in [3.05, 3.63) is 17.7 Å². The summed E-state index contributed by atoms with van der Waals surface area (Å²) < 4.78 is 0. The Hall–Kier alpha value is -0.830. The maximum Gasteiger partial charge on any atom is 0.106 e. The van der Waals surface area contributed by atoms with Gasteiger partial charge in [0.2, 0.25) is 0 Å². The van der Waals surface area contributed by atoms with Gasteiger partial charge in [-0.15, -0.1) is 0 Å². The van der Waals surface area contributed by atoms with Crippen molar-refractivity contribution in [3.63, 3.8) is 0 Å². The monoisotopic (exact) mass is 167 g/mol. The molecule has 0 unspecified atom stereocenters. The van der Waals surface area contributed by atoms with Gasteiger partial charge in [-0.1, -0.05) is 13.8 Å². The molecular weight excluding hydrogens is 150 g/mol. The minimum atomic E-state index is 0.532. The molecule has 0 atom stereocenters. The molecule has 0 aliphatic heterocycles. The zero-order valence-electron chi connectivity index (χ0n) is 7.80. The maximum atomic E-state index is 5.40. The molecule has 0 aliphatic carbocycles. The van der Waals surface area contributed by atoms with E-state index in [0.717, 1.165) is 25.2 Å². The third-order valence-electron chi connectivity index (χ3n) is 1.89. The summed E-state index contributed by atoms with van der Waals surface area (Å²) in [7, 11) is 0. The fraction of sp³-hybridized carbons (Fsp3) is 0.667. The molecule has 1 aromatic heterocycles. The summed E-state index contributed by atoms with van der Waals surface area (Å²) in [6.07, 6.45) is 3.88. The first-order chi connectivity index (χ1) is 5.74. The van der Waals surface area contributed by atoms with Gasteiger partial charge >= 0.3 is 0 Å². The number of aromatic nitrogens is 2. The van der Waals surface area contributed by atoms with Crippen molar-refractivity contribution in [2.45, 2.75) is 32.6 Å². The van der Waals surface area contributed by atoms with E-state index in [4.69, 9.17) is 5.73 Å². The number of H-pyrrole nitrogens is 1. The number of aryl methyl sites for hydroxylation is 1. The molecule has 3 N–H and O–H groups in total. The Kier molecular flexibility index (Phi) is 3.29. The van der Waals surface area contributed by atoms with E-state index in [2.05, 4.69) is 23.8 Å². The van der Waals surface area contributed by atoms with E-state index < -0.39 is 0 Å². The van der Waals surface area contributed by atoms with Crippen molar-refractivity contribution in [1.29, 1.82) is 0 Å². The van der Waals surface area contributed by atoms with Crippen molar-refractivity contribution in [3.8, 4) is 0 Å². The van der Waals surface area contributed by atoms with Gasteiger partial charge in [-0.25, -0.2) is 4.98 Å². The lowest BCUT2D eigenvalue weighted by Crippen LogP contribution is -2.01. The number of hydrogen-bond acceptors (Lipinski definition) is 2. The standard InChI is InChI=1S/C9H17N3/c1-7(2)8-6-11-9(12-8)4-3-5-10/h6-7H,3-5,10H2,1-2H3,(H,11,12). The first kappa shape index (κ1) is 9.26. The SMILES string of the molecule is CC(C)c1cnc(CCCN)[nH]1. The molecule has 0 aliphatic rings. The third kappa shape index (κ3) is 2.34. The highest BCUT2D eigenvalue weighted by molar-refractivity contribution is 5.05. The quantitative estimate of drug-likeness (QED) is 0.712. The highest BCUT2D eigenvalue weighted by atomic mass is 14.9. The number of nitrogens with two attached hydrogens (primary N) is 1. The molecule has 0 fully saturated rings. The maximum absolute atomic E-state index is 5.40. The average Bonchev–Trinajstić information content (AvgIpc) is 2.48. The van der Waals surface area contributed by atoms with Crippen LogP contribution in [0.25, 0.3) is 0 Å². The molecule has 3 heteroatoms. The Labute approximate surface area is 73.4 Å². The molecule has 68 valence electrons. The molecule has 1 rings (SSSR count). The normalized spacial score (nSPS) is 11.0.